The first-order chi connectivity index (χ1) is 16.7. The number of fused-ring (bicyclic) bond motifs is 3. The topological polar surface area (TPSA) is 92.9 Å². The molecule has 3 aromatic carbocycles. The molecule has 1 aromatic heterocycles. The fraction of sp³-hybridized carbons (Fsp3) is 0.250. The van der Waals surface area contributed by atoms with E-state index in [0.717, 1.165) is 21.9 Å². The van der Waals surface area contributed by atoms with Crippen molar-refractivity contribution in [1.29, 1.82) is 0 Å². The summed E-state index contributed by atoms with van der Waals surface area (Å²) in [6.45, 7) is 8.03. The highest BCUT2D eigenvalue weighted by Crippen LogP contribution is 2.36. The Bertz CT molecular complexity index is 1430. The summed E-state index contributed by atoms with van der Waals surface area (Å²) < 4.78 is 11.4. The van der Waals surface area contributed by atoms with Crippen molar-refractivity contribution in [3.05, 3.63) is 71.8 Å². The van der Waals surface area contributed by atoms with E-state index in [1.54, 1.807) is 32.2 Å². The number of nitrogens with zero attached hydrogens (tertiary/aromatic N) is 1. The van der Waals surface area contributed by atoms with E-state index in [-0.39, 0.29) is 23.7 Å². The van der Waals surface area contributed by atoms with Gasteiger partial charge in [-0.1, -0.05) is 51.1 Å². The number of hydrogen-bond donors (Lipinski definition) is 2. The Kier molecular flexibility index (Phi) is 6.60. The molecular weight excluding hydrogens is 442 g/mol. The summed E-state index contributed by atoms with van der Waals surface area (Å²) in [4.78, 5) is 25.1. The van der Waals surface area contributed by atoms with Crippen LogP contribution in [0.3, 0.4) is 0 Å². The number of rotatable bonds is 6. The van der Waals surface area contributed by atoms with E-state index in [1.807, 2.05) is 42.5 Å². The van der Waals surface area contributed by atoms with Crippen molar-refractivity contribution >= 4 is 45.2 Å². The van der Waals surface area contributed by atoms with Crippen molar-refractivity contribution in [1.82, 2.24) is 5.43 Å². The summed E-state index contributed by atoms with van der Waals surface area (Å²) in [5, 5.41) is 8.82. The normalized spacial score (nSPS) is 12.1. The van der Waals surface area contributed by atoms with Gasteiger partial charge in [-0.2, -0.15) is 5.10 Å². The average Bonchev–Trinajstić information content (AvgIpc) is 3.18. The Labute approximate surface area is 204 Å². The smallest absolute Gasteiger partial charge is 0.271 e. The van der Waals surface area contributed by atoms with E-state index in [2.05, 4.69) is 36.6 Å². The SMILES string of the molecule is COc1cc2c(cc1NC(=O)C/C(C)=N/NC(=O)c1ccc(C(C)(C)C)cc1)oc1ccccc12. The summed E-state index contributed by atoms with van der Waals surface area (Å²) in [5.41, 5.74) is 6.55. The van der Waals surface area contributed by atoms with Gasteiger partial charge in [0.15, 0.2) is 0 Å². The standard InChI is InChI=1S/C28H29N3O4/c1-17(30-31-27(33)18-10-12-19(13-11-18)28(2,3)4)14-26(32)29-22-16-24-21(15-25(22)34-5)20-8-6-7-9-23(20)35-24/h6-13,15-16H,14H2,1-5H3,(H,29,32)(H,31,33)/b30-17+. The molecule has 2 amide bonds. The molecule has 0 bridgehead atoms. The van der Waals surface area contributed by atoms with Crippen LogP contribution in [0.4, 0.5) is 5.69 Å². The zero-order valence-electron chi connectivity index (χ0n) is 20.6. The van der Waals surface area contributed by atoms with Crippen LogP contribution in [0.2, 0.25) is 0 Å². The highest BCUT2D eigenvalue weighted by molar-refractivity contribution is 6.10. The number of carbonyl (C=O) groups is 2. The summed E-state index contributed by atoms with van der Waals surface area (Å²) in [6.07, 6.45) is 0.00453. The largest absolute Gasteiger partial charge is 0.495 e. The van der Waals surface area contributed by atoms with Gasteiger partial charge in [0.25, 0.3) is 5.91 Å². The molecule has 0 spiro atoms. The second kappa shape index (κ2) is 9.62. The Morgan fingerprint density at radius 2 is 1.69 bits per heavy atom. The maximum Gasteiger partial charge on any atom is 0.271 e. The summed E-state index contributed by atoms with van der Waals surface area (Å²) in [5.74, 6) is -0.0926. The first-order valence-corrected chi connectivity index (χ1v) is 11.4. The third-order valence-electron chi connectivity index (χ3n) is 5.75. The van der Waals surface area contributed by atoms with Gasteiger partial charge in [-0.25, -0.2) is 5.43 Å². The van der Waals surface area contributed by atoms with E-state index in [0.29, 0.717) is 28.3 Å². The predicted molar refractivity (Wildman–Crippen MR) is 139 cm³/mol. The van der Waals surface area contributed by atoms with Gasteiger partial charge in [0.05, 0.1) is 19.2 Å². The molecule has 180 valence electrons. The molecule has 0 aliphatic carbocycles. The summed E-state index contributed by atoms with van der Waals surface area (Å²) >= 11 is 0. The van der Waals surface area contributed by atoms with E-state index < -0.39 is 0 Å². The molecule has 2 N–H and O–H groups in total. The number of ether oxygens (including phenoxy) is 1. The maximum absolute atomic E-state index is 12.7. The number of hydrogen-bond acceptors (Lipinski definition) is 5. The molecule has 1 heterocycles. The molecular formula is C28H29N3O4. The van der Waals surface area contributed by atoms with Crippen LogP contribution in [-0.2, 0) is 10.2 Å². The van der Waals surface area contributed by atoms with Crippen molar-refractivity contribution in [2.75, 3.05) is 12.4 Å². The Balaban J connectivity index is 1.42. The van der Waals surface area contributed by atoms with E-state index >= 15 is 0 Å². The number of carbonyl (C=O) groups excluding carboxylic acids is 2. The number of hydrazone groups is 1. The second-order valence-electron chi connectivity index (χ2n) is 9.49. The Morgan fingerprint density at radius 1 is 0.971 bits per heavy atom. The van der Waals surface area contributed by atoms with Crippen LogP contribution in [-0.4, -0.2) is 24.6 Å². The van der Waals surface area contributed by atoms with Crippen LogP contribution >= 0.6 is 0 Å². The molecule has 0 aliphatic heterocycles. The highest BCUT2D eigenvalue weighted by atomic mass is 16.5. The lowest BCUT2D eigenvalue weighted by Gasteiger charge is -2.18. The molecule has 0 unspecified atom stereocenters. The lowest BCUT2D eigenvalue weighted by molar-refractivity contribution is -0.115. The molecule has 0 fully saturated rings. The van der Waals surface area contributed by atoms with Crippen molar-refractivity contribution in [2.24, 2.45) is 5.10 Å². The number of anilines is 1. The number of furan rings is 1. The Hall–Kier alpha value is -4.13. The molecule has 0 saturated carbocycles. The maximum atomic E-state index is 12.7. The van der Waals surface area contributed by atoms with Gasteiger partial charge in [-0.15, -0.1) is 0 Å². The first kappa shape index (κ1) is 24.0. The number of amides is 2. The number of para-hydroxylation sites is 1. The average molecular weight is 472 g/mol. The van der Waals surface area contributed by atoms with Crippen LogP contribution in [0.5, 0.6) is 5.75 Å². The first-order valence-electron chi connectivity index (χ1n) is 11.4. The molecule has 4 aromatic rings. The molecule has 0 radical (unpaired) electrons. The Morgan fingerprint density at radius 3 is 2.37 bits per heavy atom. The van der Waals surface area contributed by atoms with Crippen LogP contribution in [0.25, 0.3) is 21.9 Å². The minimum atomic E-state index is -0.331. The molecule has 7 heteroatoms. The van der Waals surface area contributed by atoms with E-state index in [9.17, 15) is 9.59 Å². The molecule has 35 heavy (non-hydrogen) atoms. The fourth-order valence-electron chi connectivity index (χ4n) is 3.82. The van der Waals surface area contributed by atoms with Gasteiger partial charge in [0.2, 0.25) is 5.91 Å². The zero-order chi connectivity index (χ0) is 25.2. The highest BCUT2D eigenvalue weighted by Gasteiger charge is 2.16. The second-order valence-corrected chi connectivity index (χ2v) is 9.49. The monoisotopic (exact) mass is 471 g/mol. The fourth-order valence-corrected chi connectivity index (χ4v) is 3.82. The van der Waals surface area contributed by atoms with Crippen molar-refractivity contribution < 1.29 is 18.7 Å². The van der Waals surface area contributed by atoms with E-state index in [1.165, 1.54) is 0 Å². The van der Waals surface area contributed by atoms with Gasteiger partial charge in [0, 0.05) is 28.1 Å². The molecule has 0 saturated heterocycles. The van der Waals surface area contributed by atoms with Crippen molar-refractivity contribution in [2.45, 2.75) is 39.5 Å². The zero-order valence-corrected chi connectivity index (χ0v) is 20.6. The quantitative estimate of drug-likeness (QED) is 0.265. The van der Waals surface area contributed by atoms with Gasteiger partial charge in [-0.05, 0) is 42.2 Å². The van der Waals surface area contributed by atoms with Gasteiger partial charge < -0.3 is 14.5 Å². The van der Waals surface area contributed by atoms with Crippen LogP contribution in [0.1, 0.15) is 50.0 Å². The number of benzene rings is 3. The van der Waals surface area contributed by atoms with Crippen molar-refractivity contribution in [3.63, 3.8) is 0 Å². The van der Waals surface area contributed by atoms with Gasteiger partial charge >= 0.3 is 0 Å². The number of methoxy groups -OCH3 is 1. The molecule has 4 rings (SSSR count). The molecule has 7 nitrogen and oxygen atoms in total. The van der Waals surface area contributed by atoms with Gasteiger partial charge in [0.1, 0.15) is 16.9 Å². The minimum absolute atomic E-state index is 0.00453. The van der Waals surface area contributed by atoms with Gasteiger partial charge in [-0.3, -0.25) is 9.59 Å². The summed E-state index contributed by atoms with van der Waals surface area (Å²) in [7, 11) is 1.55. The van der Waals surface area contributed by atoms with Crippen LogP contribution in [0, 0.1) is 0 Å². The lowest BCUT2D eigenvalue weighted by atomic mass is 9.87. The number of nitrogens with one attached hydrogen (secondary N) is 2. The van der Waals surface area contributed by atoms with Crippen LogP contribution in [0.15, 0.2) is 70.2 Å². The lowest BCUT2D eigenvalue weighted by Crippen LogP contribution is -2.22. The third-order valence-corrected chi connectivity index (χ3v) is 5.75. The predicted octanol–water partition coefficient (Wildman–Crippen LogP) is 6.03. The van der Waals surface area contributed by atoms with E-state index in [4.69, 9.17) is 9.15 Å². The minimum Gasteiger partial charge on any atom is -0.495 e. The van der Waals surface area contributed by atoms with Crippen LogP contribution < -0.4 is 15.5 Å². The molecule has 0 atom stereocenters. The van der Waals surface area contributed by atoms with Crippen molar-refractivity contribution in [3.8, 4) is 5.75 Å². The third kappa shape index (κ3) is 5.35. The molecule has 0 aliphatic rings. The summed E-state index contributed by atoms with van der Waals surface area (Å²) in [6, 6.07) is 18.7.